The van der Waals surface area contributed by atoms with Crippen molar-refractivity contribution >= 4 is 5.97 Å². The second-order valence-electron chi connectivity index (χ2n) is 4.61. The largest absolute Gasteiger partial charge is 0.465 e. The first kappa shape index (κ1) is 15.4. The summed E-state index contributed by atoms with van der Waals surface area (Å²) in [4.78, 5) is 13.5. The molecule has 0 heterocycles. The molecule has 96 valence electrons. The van der Waals surface area contributed by atoms with Gasteiger partial charge in [-0.2, -0.15) is 0 Å². The fourth-order valence-electron chi connectivity index (χ4n) is 1.32. The standard InChI is InChI=1S/C12H26N2O2/c1-6-16-12(15)10(4)14(5)8-7-11(13)9(2)3/h9-11H,6-8,13H2,1-5H3. The van der Waals surface area contributed by atoms with Crippen molar-refractivity contribution in [3.05, 3.63) is 0 Å². The van der Waals surface area contributed by atoms with E-state index >= 15 is 0 Å². The monoisotopic (exact) mass is 230 g/mol. The van der Waals surface area contributed by atoms with E-state index in [4.69, 9.17) is 10.5 Å². The zero-order valence-corrected chi connectivity index (χ0v) is 11.2. The van der Waals surface area contributed by atoms with E-state index in [-0.39, 0.29) is 18.1 Å². The number of likely N-dealkylation sites (N-methyl/N-ethyl adjacent to an activating group) is 1. The van der Waals surface area contributed by atoms with Gasteiger partial charge in [0.05, 0.1) is 6.61 Å². The highest BCUT2D eigenvalue weighted by molar-refractivity contribution is 5.75. The average molecular weight is 230 g/mol. The molecule has 16 heavy (non-hydrogen) atoms. The topological polar surface area (TPSA) is 55.6 Å². The van der Waals surface area contributed by atoms with Gasteiger partial charge in [0, 0.05) is 12.6 Å². The van der Waals surface area contributed by atoms with Crippen LogP contribution in [0.1, 0.15) is 34.1 Å². The van der Waals surface area contributed by atoms with Crippen LogP contribution in [0.2, 0.25) is 0 Å². The first-order valence-electron chi connectivity index (χ1n) is 6.02. The number of esters is 1. The zero-order valence-electron chi connectivity index (χ0n) is 11.2. The van der Waals surface area contributed by atoms with Crippen LogP contribution in [0.15, 0.2) is 0 Å². The van der Waals surface area contributed by atoms with Crippen molar-refractivity contribution < 1.29 is 9.53 Å². The first-order valence-corrected chi connectivity index (χ1v) is 6.02. The van der Waals surface area contributed by atoms with Crippen LogP contribution in [-0.2, 0) is 9.53 Å². The molecule has 2 N–H and O–H groups in total. The second kappa shape index (κ2) is 7.63. The molecule has 0 aromatic heterocycles. The molecule has 0 aliphatic rings. The first-order chi connectivity index (χ1) is 7.40. The molecule has 0 aliphatic carbocycles. The number of carbonyl (C=O) groups excluding carboxylic acids is 1. The van der Waals surface area contributed by atoms with Gasteiger partial charge in [-0.15, -0.1) is 0 Å². The summed E-state index contributed by atoms with van der Waals surface area (Å²) < 4.78 is 4.97. The number of hydrogen-bond acceptors (Lipinski definition) is 4. The van der Waals surface area contributed by atoms with Gasteiger partial charge in [-0.25, -0.2) is 0 Å². The lowest BCUT2D eigenvalue weighted by atomic mass is 10.0. The Morgan fingerprint density at radius 2 is 1.94 bits per heavy atom. The van der Waals surface area contributed by atoms with E-state index in [1.165, 1.54) is 0 Å². The SMILES string of the molecule is CCOC(=O)C(C)N(C)CCC(N)C(C)C. The third-order valence-electron chi connectivity index (χ3n) is 2.96. The molecule has 0 bridgehead atoms. The minimum atomic E-state index is -0.195. The number of hydrogen-bond donors (Lipinski definition) is 1. The smallest absolute Gasteiger partial charge is 0.323 e. The summed E-state index contributed by atoms with van der Waals surface area (Å²) in [5.41, 5.74) is 5.96. The van der Waals surface area contributed by atoms with Crippen LogP contribution in [0.25, 0.3) is 0 Å². The maximum absolute atomic E-state index is 11.5. The molecule has 0 amide bonds. The van der Waals surface area contributed by atoms with Crippen LogP contribution in [0.4, 0.5) is 0 Å². The van der Waals surface area contributed by atoms with Crippen LogP contribution in [0.3, 0.4) is 0 Å². The molecule has 0 fully saturated rings. The number of nitrogens with zero attached hydrogens (tertiary/aromatic N) is 1. The highest BCUT2D eigenvalue weighted by atomic mass is 16.5. The maximum Gasteiger partial charge on any atom is 0.323 e. The Morgan fingerprint density at radius 3 is 2.38 bits per heavy atom. The Bertz CT molecular complexity index is 207. The van der Waals surface area contributed by atoms with Gasteiger partial charge in [0.25, 0.3) is 0 Å². The fourth-order valence-corrected chi connectivity index (χ4v) is 1.32. The highest BCUT2D eigenvalue weighted by Gasteiger charge is 2.19. The van der Waals surface area contributed by atoms with Gasteiger partial charge in [0.15, 0.2) is 0 Å². The summed E-state index contributed by atoms with van der Waals surface area (Å²) in [6.45, 7) is 9.15. The third-order valence-corrected chi connectivity index (χ3v) is 2.96. The number of ether oxygens (including phenoxy) is 1. The van der Waals surface area contributed by atoms with Crippen LogP contribution in [-0.4, -0.2) is 43.2 Å². The van der Waals surface area contributed by atoms with Gasteiger partial charge in [0.1, 0.15) is 6.04 Å². The van der Waals surface area contributed by atoms with Crippen molar-refractivity contribution in [1.29, 1.82) is 0 Å². The van der Waals surface area contributed by atoms with E-state index in [0.29, 0.717) is 12.5 Å². The Labute approximate surface area is 99.1 Å². The van der Waals surface area contributed by atoms with Crippen molar-refractivity contribution in [3.63, 3.8) is 0 Å². The van der Waals surface area contributed by atoms with Crippen molar-refractivity contribution in [2.75, 3.05) is 20.2 Å². The second-order valence-corrected chi connectivity index (χ2v) is 4.61. The Balaban J connectivity index is 3.96. The lowest BCUT2D eigenvalue weighted by Gasteiger charge is -2.25. The van der Waals surface area contributed by atoms with Gasteiger partial charge in [0.2, 0.25) is 0 Å². The molecule has 2 atom stereocenters. The predicted molar refractivity (Wildman–Crippen MR) is 66.2 cm³/mol. The summed E-state index contributed by atoms with van der Waals surface area (Å²) in [6.07, 6.45) is 0.901. The summed E-state index contributed by atoms with van der Waals surface area (Å²) >= 11 is 0. The number of carbonyl (C=O) groups is 1. The highest BCUT2D eigenvalue weighted by Crippen LogP contribution is 2.06. The molecule has 0 aromatic rings. The predicted octanol–water partition coefficient (Wildman–Crippen LogP) is 1.24. The summed E-state index contributed by atoms with van der Waals surface area (Å²) in [6, 6.07) is -0.00356. The van der Waals surface area contributed by atoms with Crippen LogP contribution in [0.5, 0.6) is 0 Å². The molecule has 4 nitrogen and oxygen atoms in total. The van der Waals surface area contributed by atoms with Crippen LogP contribution in [0, 0.1) is 5.92 Å². The normalized spacial score (nSPS) is 15.2. The minimum absolute atomic E-state index is 0.164. The number of rotatable bonds is 7. The van der Waals surface area contributed by atoms with Crippen molar-refractivity contribution in [2.24, 2.45) is 11.7 Å². The third kappa shape index (κ3) is 5.47. The molecule has 0 aliphatic heterocycles. The molecule has 0 saturated heterocycles. The molecule has 0 rings (SSSR count). The van der Waals surface area contributed by atoms with Crippen molar-refractivity contribution in [3.8, 4) is 0 Å². The van der Waals surface area contributed by atoms with Crippen LogP contribution < -0.4 is 5.73 Å². The molecule has 4 heteroatoms. The maximum atomic E-state index is 11.5. The summed E-state index contributed by atoms with van der Waals surface area (Å²) in [5, 5.41) is 0. The fraction of sp³-hybridized carbons (Fsp3) is 0.917. The molecule has 0 radical (unpaired) electrons. The molecule has 0 saturated carbocycles. The Hall–Kier alpha value is -0.610. The Morgan fingerprint density at radius 1 is 1.38 bits per heavy atom. The summed E-state index contributed by atoms with van der Waals surface area (Å²) in [7, 11) is 1.93. The van der Waals surface area contributed by atoms with Crippen molar-refractivity contribution in [2.45, 2.75) is 46.2 Å². The molecule has 0 aromatic carbocycles. The van der Waals surface area contributed by atoms with E-state index in [0.717, 1.165) is 13.0 Å². The van der Waals surface area contributed by atoms with E-state index in [1.807, 2.05) is 25.8 Å². The molecular formula is C12H26N2O2. The van der Waals surface area contributed by atoms with E-state index in [2.05, 4.69) is 13.8 Å². The molecular weight excluding hydrogens is 204 g/mol. The minimum Gasteiger partial charge on any atom is -0.465 e. The van der Waals surface area contributed by atoms with E-state index in [9.17, 15) is 4.79 Å². The lowest BCUT2D eigenvalue weighted by Crippen LogP contribution is -2.40. The van der Waals surface area contributed by atoms with Gasteiger partial charge >= 0.3 is 5.97 Å². The number of nitrogens with two attached hydrogens (primary N) is 1. The van der Waals surface area contributed by atoms with Gasteiger partial charge in [-0.1, -0.05) is 13.8 Å². The van der Waals surface area contributed by atoms with Gasteiger partial charge < -0.3 is 10.5 Å². The van der Waals surface area contributed by atoms with Crippen molar-refractivity contribution in [1.82, 2.24) is 4.90 Å². The van der Waals surface area contributed by atoms with Gasteiger partial charge in [-0.05, 0) is 33.2 Å². The van der Waals surface area contributed by atoms with Gasteiger partial charge in [-0.3, -0.25) is 9.69 Å². The summed E-state index contributed by atoms with van der Waals surface area (Å²) in [5.74, 6) is 0.314. The lowest BCUT2D eigenvalue weighted by molar-refractivity contribution is -0.148. The Kier molecular flexibility index (Phi) is 7.34. The van der Waals surface area contributed by atoms with E-state index < -0.39 is 0 Å². The average Bonchev–Trinajstić information content (AvgIpc) is 2.24. The quantitative estimate of drug-likeness (QED) is 0.669. The van der Waals surface area contributed by atoms with E-state index in [1.54, 1.807) is 0 Å². The zero-order chi connectivity index (χ0) is 12.7. The molecule has 2 unspecified atom stereocenters. The molecule has 0 spiro atoms. The van der Waals surface area contributed by atoms with Crippen LogP contribution >= 0.6 is 0 Å².